The van der Waals surface area contributed by atoms with Gasteiger partial charge in [0.1, 0.15) is 10.6 Å². The molecule has 0 aliphatic heterocycles. The number of hydrogen-bond donors (Lipinski definition) is 1. The second-order valence-corrected chi connectivity index (χ2v) is 5.43. The molecule has 0 saturated carbocycles. The Hall–Kier alpha value is -2.02. The van der Waals surface area contributed by atoms with Crippen molar-refractivity contribution in [2.45, 2.75) is 25.7 Å². The average molecular weight is 345 g/mol. The van der Waals surface area contributed by atoms with Gasteiger partial charge in [-0.15, -0.1) is 0 Å². The lowest BCUT2D eigenvalue weighted by Crippen LogP contribution is -2.10. The van der Waals surface area contributed by atoms with E-state index in [-0.39, 0.29) is 10.6 Å². The fraction of sp³-hybridized carbons (Fsp3) is 0.250. The summed E-state index contributed by atoms with van der Waals surface area (Å²) in [5.41, 5.74) is -0.144. The molecule has 0 bridgehead atoms. The fourth-order valence-electron chi connectivity index (χ4n) is 1.78. The van der Waals surface area contributed by atoms with Crippen LogP contribution in [0.15, 0.2) is 35.2 Å². The molecule has 0 aliphatic rings. The zero-order valence-electron chi connectivity index (χ0n) is 13.2. The zero-order valence-corrected chi connectivity index (χ0v) is 14.1. The summed E-state index contributed by atoms with van der Waals surface area (Å²) in [7, 11) is -0.864. The molecule has 3 nitrogen and oxygen atoms in total. The second kappa shape index (κ2) is 8.57. The summed E-state index contributed by atoms with van der Waals surface area (Å²) in [4.78, 5) is -0.0446. The standard InChI is InChI=1S/C14H12F3NO2S.C2H6/c1-8-6-10(16)13(11(17)7-8)18-21(19)12-5-3-4-9(15)14(12)20-2;1-2/h3-7,18H,1-2H3;1-2H3. The third kappa shape index (κ3) is 4.48. The lowest BCUT2D eigenvalue weighted by Gasteiger charge is -2.12. The SMILES string of the molecule is CC.COc1c(F)cccc1S(=O)Nc1c(F)cc(C)cc1F. The Balaban J connectivity index is 0.00000127. The van der Waals surface area contributed by atoms with Gasteiger partial charge in [0.05, 0.1) is 7.11 Å². The van der Waals surface area contributed by atoms with Crippen LogP contribution in [0.4, 0.5) is 18.9 Å². The van der Waals surface area contributed by atoms with Crippen molar-refractivity contribution in [3.63, 3.8) is 0 Å². The first-order valence-corrected chi connectivity index (χ1v) is 8.05. The molecule has 0 heterocycles. The van der Waals surface area contributed by atoms with Gasteiger partial charge in [-0.1, -0.05) is 19.9 Å². The van der Waals surface area contributed by atoms with Crippen LogP contribution < -0.4 is 9.46 Å². The third-order valence-electron chi connectivity index (χ3n) is 2.72. The normalized spacial score (nSPS) is 11.3. The fourth-order valence-corrected chi connectivity index (χ4v) is 2.82. The van der Waals surface area contributed by atoms with E-state index in [1.54, 1.807) is 0 Å². The van der Waals surface area contributed by atoms with Crippen LogP contribution in [-0.2, 0) is 11.0 Å². The monoisotopic (exact) mass is 345 g/mol. The summed E-state index contributed by atoms with van der Waals surface area (Å²) < 4.78 is 60.1. The number of rotatable bonds is 4. The highest BCUT2D eigenvalue weighted by Crippen LogP contribution is 2.28. The van der Waals surface area contributed by atoms with Crippen LogP contribution in [-0.4, -0.2) is 11.3 Å². The molecule has 0 aromatic heterocycles. The van der Waals surface area contributed by atoms with E-state index < -0.39 is 34.1 Å². The minimum atomic E-state index is -2.08. The van der Waals surface area contributed by atoms with Crippen molar-refractivity contribution in [2.75, 3.05) is 11.8 Å². The van der Waals surface area contributed by atoms with Gasteiger partial charge in [-0.2, -0.15) is 0 Å². The summed E-state index contributed by atoms with van der Waals surface area (Å²) >= 11 is 0. The van der Waals surface area contributed by atoms with Crippen LogP contribution >= 0.6 is 0 Å². The molecular formula is C16H18F3NO2S. The van der Waals surface area contributed by atoms with E-state index in [0.717, 1.165) is 18.2 Å². The number of aryl methyl sites for hydroxylation is 1. The Bertz CT molecular complexity index is 685. The van der Waals surface area contributed by atoms with Gasteiger partial charge in [0.15, 0.2) is 34.2 Å². The molecule has 7 heteroatoms. The predicted molar refractivity (Wildman–Crippen MR) is 85.4 cm³/mol. The van der Waals surface area contributed by atoms with Crippen LogP contribution in [0.5, 0.6) is 5.75 Å². The van der Waals surface area contributed by atoms with E-state index in [0.29, 0.717) is 5.56 Å². The third-order valence-corrected chi connectivity index (χ3v) is 3.83. The minimum absolute atomic E-state index is 0.0446. The van der Waals surface area contributed by atoms with Gasteiger partial charge in [-0.3, -0.25) is 4.72 Å². The molecule has 0 saturated heterocycles. The Kier molecular flexibility index (Phi) is 7.09. The molecule has 0 radical (unpaired) electrons. The molecule has 2 rings (SSSR count). The number of ether oxygens (including phenoxy) is 1. The van der Waals surface area contributed by atoms with E-state index in [1.165, 1.54) is 26.2 Å². The van der Waals surface area contributed by atoms with Gasteiger partial charge in [-0.25, -0.2) is 17.4 Å². The Labute approximate surface area is 136 Å². The van der Waals surface area contributed by atoms with Gasteiger partial charge in [0.2, 0.25) is 0 Å². The largest absolute Gasteiger partial charge is 0.492 e. The summed E-state index contributed by atoms with van der Waals surface area (Å²) in [5, 5.41) is 0. The number of para-hydroxylation sites is 1. The molecule has 0 aliphatic carbocycles. The van der Waals surface area contributed by atoms with Crippen LogP contribution in [0.3, 0.4) is 0 Å². The van der Waals surface area contributed by atoms with E-state index >= 15 is 0 Å². The molecule has 126 valence electrons. The number of halogens is 3. The molecular weight excluding hydrogens is 327 g/mol. The highest BCUT2D eigenvalue weighted by molar-refractivity contribution is 7.86. The van der Waals surface area contributed by atoms with Crippen LogP contribution in [0.1, 0.15) is 19.4 Å². The minimum Gasteiger partial charge on any atom is -0.492 e. The van der Waals surface area contributed by atoms with E-state index in [2.05, 4.69) is 4.72 Å². The molecule has 1 atom stereocenters. The summed E-state index contributed by atoms with van der Waals surface area (Å²) in [6.07, 6.45) is 0. The summed E-state index contributed by atoms with van der Waals surface area (Å²) in [6.45, 7) is 5.53. The number of nitrogens with one attached hydrogen (secondary N) is 1. The zero-order chi connectivity index (χ0) is 17.6. The van der Waals surface area contributed by atoms with Crippen molar-refractivity contribution in [3.8, 4) is 5.75 Å². The summed E-state index contributed by atoms with van der Waals surface area (Å²) in [6, 6.07) is 6.01. The van der Waals surface area contributed by atoms with Crippen molar-refractivity contribution in [3.05, 3.63) is 53.3 Å². The predicted octanol–water partition coefficient (Wildman–Crippen LogP) is 4.58. The maximum absolute atomic E-state index is 13.7. The van der Waals surface area contributed by atoms with Crippen molar-refractivity contribution in [2.24, 2.45) is 0 Å². The highest BCUT2D eigenvalue weighted by Gasteiger charge is 2.18. The number of benzene rings is 2. The van der Waals surface area contributed by atoms with Crippen molar-refractivity contribution in [1.82, 2.24) is 0 Å². The van der Waals surface area contributed by atoms with Gasteiger partial charge >= 0.3 is 0 Å². The quantitative estimate of drug-likeness (QED) is 0.881. The maximum Gasteiger partial charge on any atom is 0.172 e. The number of anilines is 1. The molecule has 2 aromatic carbocycles. The van der Waals surface area contributed by atoms with Crippen LogP contribution in [0.2, 0.25) is 0 Å². The lowest BCUT2D eigenvalue weighted by atomic mass is 10.2. The topological polar surface area (TPSA) is 38.3 Å². The van der Waals surface area contributed by atoms with E-state index in [1.807, 2.05) is 13.8 Å². The lowest BCUT2D eigenvalue weighted by molar-refractivity contribution is 0.375. The molecule has 0 spiro atoms. The molecule has 0 amide bonds. The maximum atomic E-state index is 13.7. The van der Waals surface area contributed by atoms with Gasteiger partial charge in [0.25, 0.3) is 0 Å². The van der Waals surface area contributed by atoms with Gasteiger partial charge < -0.3 is 4.74 Å². The Morgan fingerprint density at radius 1 is 1.04 bits per heavy atom. The summed E-state index contributed by atoms with van der Waals surface area (Å²) in [5.74, 6) is -2.71. The first-order valence-electron chi connectivity index (χ1n) is 6.90. The molecule has 2 aromatic rings. The Morgan fingerprint density at radius 2 is 1.61 bits per heavy atom. The molecule has 1 N–H and O–H groups in total. The first kappa shape index (κ1) is 19.0. The van der Waals surface area contributed by atoms with Gasteiger partial charge in [-0.05, 0) is 36.8 Å². The van der Waals surface area contributed by atoms with Crippen LogP contribution in [0.25, 0.3) is 0 Å². The second-order valence-electron chi connectivity index (χ2n) is 4.25. The first-order chi connectivity index (χ1) is 10.9. The van der Waals surface area contributed by atoms with Crippen molar-refractivity contribution in [1.29, 1.82) is 0 Å². The van der Waals surface area contributed by atoms with Crippen molar-refractivity contribution < 1.29 is 22.1 Å². The Morgan fingerprint density at radius 3 is 2.13 bits per heavy atom. The smallest absolute Gasteiger partial charge is 0.172 e. The molecule has 0 fully saturated rings. The molecule has 1 unspecified atom stereocenters. The van der Waals surface area contributed by atoms with Crippen LogP contribution in [0, 0.1) is 24.4 Å². The number of methoxy groups -OCH3 is 1. The molecule has 23 heavy (non-hydrogen) atoms. The van der Waals surface area contributed by atoms with Gasteiger partial charge in [0, 0.05) is 0 Å². The number of hydrogen-bond acceptors (Lipinski definition) is 2. The highest BCUT2D eigenvalue weighted by atomic mass is 32.2. The average Bonchev–Trinajstić information content (AvgIpc) is 2.52. The van der Waals surface area contributed by atoms with Crippen molar-refractivity contribution >= 4 is 16.7 Å². The van der Waals surface area contributed by atoms with E-state index in [4.69, 9.17) is 4.74 Å². The van der Waals surface area contributed by atoms with E-state index in [9.17, 15) is 17.4 Å².